The van der Waals surface area contributed by atoms with Crippen molar-refractivity contribution in [2.24, 2.45) is 15.2 Å². The molecule has 16 nitrogen and oxygen atoms in total. The second-order valence-electron chi connectivity index (χ2n) is 15.9. The number of aromatic nitrogens is 3. The van der Waals surface area contributed by atoms with E-state index >= 15 is 0 Å². The standard InChI is InChI=1S/C46H47ClN10O6S/c1-26-27(2)64-46-41(26)42(29-11-13-30(47)14-12-29)50-36(43-55-52-28(3)57(43)46)23-39(59)48-21-6-4-5-7-22-49-40(60)25-63-32-17-15-31(16-18-32)53-54-35-10-8-9-33-34(35)24-56(45(33)62)37-19-20-38(58)51-44(37)61/h8-18,36-37H,4-7,19-25H2,1-3H3,(H,48,59)(H,49,60)(H,51,58,61). The first-order valence-electron chi connectivity index (χ1n) is 21.3. The Morgan fingerprint density at radius 3 is 2.38 bits per heavy atom. The molecule has 5 amide bonds. The van der Waals surface area contributed by atoms with Gasteiger partial charge in [-0.1, -0.05) is 42.6 Å². The summed E-state index contributed by atoms with van der Waals surface area (Å²) in [6, 6.07) is 18.3. The topological polar surface area (TPSA) is 202 Å². The van der Waals surface area contributed by atoms with Crippen LogP contribution in [0, 0.1) is 20.8 Å². The number of ether oxygens (including phenoxy) is 1. The van der Waals surface area contributed by atoms with Crippen molar-refractivity contribution in [3.8, 4) is 10.8 Å². The van der Waals surface area contributed by atoms with Crippen LogP contribution in [0.4, 0.5) is 11.4 Å². The van der Waals surface area contributed by atoms with Gasteiger partial charge in [0.05, 0.1) is 23.5 Å². The number of benzene rings is 3. The van der Waals surface area contributed by atoms with Gasteiger partial charge in [-0.25, -0.2) is 0 Å². The van der Waals surface area contributed by atoms with Crippen molar-refractivity contribution in [3.63, 3.8) is 0 Å². The average molecular weight is 903 g/mol. The largest absolute Gasteiger partial charge is 0.484 e. The van der Waals surface area contributed by atoms with E-state index in [1.54, 1.807) is 53.8 Å². The van der Waals surface area contributed by atoms with Crippen molar-refractivity contribution in [3.05, 3.63) is 116 Å². The fraction of sp³-hybridized carbons (Fsp3) is 0.348. The predicted octanol–water partition coefficient (Wildman–Crippen LogP) is 7.24. The molecule has 1 saturated heterocycles. The molecule has 64 heavy (non-hydrogen) atoms. The number of unbranched alkanes of at least 4 members (excludes halogenated alkanes) is 3. The van der Waals surface area contributed by atoms with E-state index in [2.05, 4.69) is 50.2 Å². The van der Waals surface area contributed by atoms with Crippen LogP contribution in [0.15, 0.2) is 82.0 Å². The number of piperidine rings is 1. The molecule has 2 atom stereocenters. The normalized spacial score (nSPS) is 16.8. The van der Waals surface area contributed by atoms with Gasteiger partial charge in [-0.2, -0.15) is 10.2 Å². The van der Waals surface area contributed by atoms with Crippen LogP contribution < -0.4 is 20.7 Å². The molecule has 3 aliphatic heterocycles. The van der Waals surface area contributed by atoms with Gasteiger partial charge in [0.1, 0.15) is 28.7 Å². The number of imide groups is 1. The van der Waals surface area contributed by atoms with E-state index in [-0.39, 0.29) is 56.0 Å². The van der Waals surface area contributed by atoms with Gasteiger partial charge in [0, 0.05) is 58.2 Å². The number of carbonyl (C=O) groups is 5. The van der Waals surface area contributed by atoms with Crippen LogP contribution in [0.1, 0.15) is 100 Å². The van der Waals surface area contributed by atoms with Gasteiger partial charge in [-0.3, -0.25) is 38.8 Å². The summed E-state index contributed by atoms with van der Waals surface area (Å²) >= 11 is 7.90. The van der Waals surface area contributed by atoms with Crippen molar-refractivity contribution < 1.29 is 28.7 Å². The summed E-state index contributed by atoms with van der Waals surface area (Å²) in [7, 11) is 0. The number of nitrogens with zero attached hydrogens (tertiary/aromatic N) is 7. The Balaban J connectivity index is 0.741. The van der Waals surface area contributed by atoms with E-state index in [0.29, 0.717) is 52.2 Å². The summed E-state index contributed by atoms with van der Waals surface area (Å²) in [5.74, 6) is 0.437. The summed E-state index contributed by atoms with van der Waals surface area (Å²) in [6.45, 7) is 7.19. The van der Waals surface area contributed by atoms with Crippen LogP contribution in [0.3, 0.4) is 0 Å². The molecule has 0 saturated carbocycles. The molecule has 1 fully saturated rings. The minimum absolute atomic E-state index is 0.115. The lowest BCUT2D eigenvalue weighted by Crippen LogP contribution is -2.52. The van der Waals surface area contributed by atoms with Crippen molar-refractivity contribution in [1.29, 1.82) is 0 Å². The molecule has 3 N–H and O–H groups in total. The smallest absolute Gasteiger partial charge is 0.257 e. The predicted molar refractivity (Wildman–Crippen MR) is 241 cm³/mol. The summed E-state index contributed by atoms with van der Waals surface area (Å²) in [6.07, 6.45) is 3.93. The zero-order chi connectivity index (χ0) is 44.9. The number of halogens is 1. The third-order valence-corrected chi connectivity index (χ3v) is 13.0. The molecule has 2 aromatic heterocycles. The number of carbonyl (C=O) groups excluding carboxylic acids is 5. The van der Waals surface area contributed by atoms with Gasteiger partial charge >= 0.3 is 0 Å². The molecule has 8 rings (SSSR count). The lowest BCUT2D eigenvalue weighted by molar-refractivity contribution is -0.137. The van der Waals surface area contributed by atoms with Gasteiger partial charge in [0.2, 0.25) is 17.7 Å². The molecule has 5 aromatic rings. The number of rotatable bonds is 16. The molecule has 0 spiro atoms. The molecule has 18 heteroatoms. The highest BCUT2D eigenvalue weighted by Gasteiger charge is 2.40. The van der Waals surface area contributed by atoms with Gasteiger partial charge in [-0.05, 0) is 94.1 Å². The van der Waals surface area contributed by atoms with Crippen molar-refractivity contribution in [2.75, 3.05) is 19.7 Å². The maximum Gasteiger partial charge on any atom is 0.257 e. The Bertz CT molecular complexity index is 2680. The molecule has 2 unspecified atom stereocenters. The Kier molecular flexibility index (Phi) is 13.4. The van der Waals surface area contributed by atoms with Crippen LogP contribution in [-0.2, 0) is 25.7 Å². The second-order valence-corrected chi connectivity index (χ2v) is 17.5. The average Bonchev–Trinajstić information content (AvgIpc) is 3.90. The molecule has 0 bridgehead atoms. The minimum Gasteiger partial charge on any atom is -0.484 e. The molecular formula is C46H47ClN10O6S. The van der Waals surface area contributed by atoms with Gasteiger partial charge in [0.25, 0.3) is 11.8 Å². The number of aryl methyl sites for hydroxylation is 2. The second kappa shape index (κ2) is 19.4. The van der Waals surface area contributed by atoms with Crippen molar-refractivity contribution in [2.45, 2.75) is 84.3 Å². The highest BCUT2D eigenvalue weighted by Crippen LogP contribution is 2.40. The quantitative estimate of drug-likeness (QED) is 0.0523. The van der Waals surface area contributed by atoms with E-state index in [0.717, 1.165) is 58.9 Å². The third-order valence-electron chi connectivity index (χ3n) is 11.5. The SMILES string of the molecule is Cc1sc2c(c1C)C(c1ccc(Cl)cc1)=NC(CC(=O)NCCCCCCNC(=O)COc1ccc(N=Nc3cccc4c3CN(C3CCC(=O)NC3=O)C4=O)cc1)c1nnc(C)n1-2. The van der Waals surface area contributed by atoms with Crippen molar-refractivity contribution in [1.82, 2.24) is 35.6 Å². The monoisotopic (exact) mass is 902 g/mol. The van der Waals surface area contributed by atoms with E-state index < -0.39 is 18.0 Å². The fourth-order valence-corrected chi connectivity index (χ4v) is 9.36. The van der Waals surface area contributed by atoms with E-state index in [1.165, 1.54) is 9.78 Å². The number of hydrogen-bond donors (Lipinski definition) is 3. The first-order chi connectivity index (χ1) is 30.9. The zero-order valence-corrected chi connectivity index (χ0v) is 37.2. The third kappa shape index (κ3) is 9.65. The van der Waals surface area contributed by atoms with Crippen LogP contribution in [0.2, 0.25) is 5.02 Å². The van der Waals surface area contributed by atoms with E-state index in [4.69, 9.17) is 21.3 Å². The van der Waals surface area contributed by atoms with E-state index in [1.807, 2.05) is 35.8 Å². The number of amides is 5. The molecule has 0 aliphatic carbocycles. The van der Waals surface area contributed by atoms with Crippen molar-refractivity contribution >= 4 is 69.6 Å². The van der Waals surface area contributed by atoms with Crippen LogP contribution in [0.25, 0.3) is 5.00 Å². The maximum absolute atomic E-state index is 13.3. The summed E-state index contributed by atoms with van der Waals surface area (Å²) < 4.78 is 7.71. The van der Waals surface area contributed by atoms with Gasteiger partial charge in [-0.15, -0.1) is 21.5 Å². The highest BCUT2D eigenvalue weighted by molar-refractivity contribution is 7.15. The number of thiophene rings is 1. The number of azo groups is 1. The number of fused-ring (bicyclic) bond motifs is 4. The number of nitrogens with one attached hydrogen (secondary N) is 3. The van der Waals surface area contributed by atoms with Crippen LogP contribution >= 0.6 is 22.9 Å². The Labute approximate surface area is 378 Å². The zero-order valence-electron chi connectivity index (χ0n) is 35.6. The first kappa shape index (κ1) is 44.0. The van der Waals surface area contributed by atoms with Gasteiger partial charge < -0.3 is 20.3 Å². The molecule has 5 heterocycles. The molecule has 330 valence electrons. The van der Waals surface area contributed by atoms with Gasteiger partial charge in [0.15, 0.2) is 12.4 Å². The highest BCUT2D eigenvalue weighted by atomic mass is 35.5. The van der Waals surface area contributed by atoms with Crippen LogP contribution in [0.5, 0.6) is 5.75 Å². The Hall–Kier alpha value is -6.59. The Morgan fingerprint density at radius 2 is 1.64 bits per heavy atom. The minimum atomic E-state index is -0.715. The first-order valence-corrected chi connectivity index (χ1v) is 22.5. The number of aliphatic imine (C=N–C) groups is 1. The summed E-state index contributed by atoms with van der Waals surface area (Å²) in [4.78, 5) is 70.7. The lowest BCUT2D eigenvalue weighted by Gasteiger charge is -2.29. The Morgan fingerprint density at radius 1 is 0.906 bits per heavy atom. The summed E-state index contributed by atoms with van der Waals surface area (Å²) in [5.41, 5.74) is 6.06. The lowest BCUT2D eigenvalue weighted by atomic mass is 9.99. The molecule has 0 radical (unpaired) electrons. The summed E-state index contributed by atoms with van der Waals surface area (Å²) in [5, 5.41) is 27.5. The fourth-order valence-electron chi connectivity index (χ4n) is 8.02. The maximum atomic E-state index is 13.3. The molecule has 3 aliphatic rings. The van der Waals surface area contributed by atoms with E-state index in [9.17, 15) is 24.0 Å². The molecular weight excluding hydrogens is 856 g/mol. The number of hydrogen-bond acceptors (Lipinski definition) is 12. The van der Waals surface area contributed by atoms with Crippen LogP contribution in [-0.4, -0.2) is 80.7 Å². The molecule has 3 aromatic carbocycles.